The lowest BCUT2D eigenvalue weighted by atomic mass is 10.2. The molecule has 0 aliphatic heterocycles. The molecule has 1 aromatic heterocycles. The molecule has 0 radical (unpaired) electrons. The number of nitrogens with zero attached hydrogens (tertiary/aromatic N) is 2. The SMILES string of the molecule is CC(C)NC(=O)NC(N)=NCCCc1ccccn1.Cl.Cl.O. The van der Waals surface area contributed by atoms with Crippen molar-refractivity contribution >= 4 is 36.8 Å². The largest absolute Gasteiger partial charge is 0.412 e. The van der Waals surface area contributed by atoms with Crippen molar-refractivity contribution in [2.24, 2.45) is 10.7 Å². The molecule has 0 aliphatic rings. The highest BCUT2D eigenvalue weighted by Gasteiger charge is 2.03. The molecule has 1 rings (SSSR count). The molecule has 2 amide bonds. The minimum Gasteiger partial charge on any atom is -0.412 e. The second kappa shape index (κ2) is 14.4. The minimum atomic E-state index is -0.332. The third-order valence-electron chi connectivity index (χ3n) is 2.26. The second-order valence-electron chi connectivity index (χ2n) is 4.44. The van der Waals surface area contributed by atoms with Gasteiger partial charge >= 0.3 is 6.03 Å². The van der Waals surface area contributed by atoms with Crippen LogP contribution in [0.3, 0.4) is 0 Å². The number of aliphatic imine (C=N–C) groups is 1. The quantitative estimate of drug-likeness (QED) is 0.416. The van der Waals surface area contributed by atoms with Gasteiger partial charge in [-0.05, 0) is 38.8 Å². The van der Waals surface area contributed by atoms with E-state index in [1.54, 1.807) is 6.20 Å². The summed E-state index contributed by atoms with van der Waals surface area (Å²) in [6, 6.07) is 5.55. The first-order valence-corrected chi connectivity index (χ1v) is 6.35. The normalized spacial score (nSPS) is 9.86. The zero-order valence-electron chi connectivity index (χ0n) is 12.7. The van der Waals surface area contributed by atoms with Crippen molar-refractivity contribution in [2.45, 2.75) is 32.7 Å². The van der Waals surface area contributed by atoms with Crippen LogP contribution in [0.1, 0.15) is 26.0 Å². The van der Waals surface area contributed by atoms with Crippen LogP contribution < -0.4 is 16.4 Å². The number of pyridine rings is 1. The molecule has 6 N–H and O–H groups in total. The maximum Gasteiger partial charge on any atom is 0.321 e. The van der Waals surface area contributed by atoms with Crippen LogP contribution in [-0.4, -0.2) is 35.0 Å². The fraction of sp³-hybridized carbons (Fsp3) is 0.462. The molecule has 0 spiro atoms. The summed E-state index contributed by atoms with van der Waals surface area (Å²) in [5.41, 5.74) is 6.62. The van der Waals surface area contributed by atoms with Crippen LogP contribution in [-0.2, 0) is 6.42 Å². The molecule has 0 atom stereocenters. The Labute approximate surface area is 143 Å². The number of hydrogen-bond acceptors (Lipinski definition) is 3. The number of aromatic nitrogens is 1. The fourth-order valence-electron chi connectivity index (χ4n) is 1.46. The Kier molecular flexibility index (Phi) is 16.6. The molecule has 0 saturated heterocycles. The lowest BCUT2D eigenvalue weighted by Crippen LogP contribution is -2.45. The standard InChI is InChI=1S/C13H21N5O.2ClH.H2O/c1-10(2)17-13(19)18-12(14)16-9-5-7-11-6-3-4-8-15-11;;;/h3-4,6,8,10H,5,7,9H2,1-2H3,(H4,14,16,17,18,19);2*1H;1H2. The molecule has 0 bridgehead atoms. The molecular weight excluding hydrogens is 329 g/mol. The molecule has 0 fully saturated rings. The van der Waals surface area contributed by atoms with E-state index < -0.39 is 0 Å². The Morgan fingerprint density at radius 2 is 2.05 bits per heavy atom. The molecule has 9 heteroatoms. The maximum absolute atomic E-state index is 11.3. The Morgan fingerprint density at radius 3 is 2.59 bits per heavy atom. The third kappa shape index (κ3) is 12.2. The number of aryl methyl sites for hydroxylation is 1. The Bertz CT molecular complexity index is 430. The number of carbonyl (C=O) groups excluding carboxylic acids is 1. The van der Waals surface area contributed by atoms with Gasteiger partial charge in [-0.1, -0.05) is 6.07 Å². The first-order valence-electron chi connectivity index (χ1n) is 6.35. The number of amides is 2. The zero-order chi connectivity index (χ0) is 14.1. The highest BCUT2D eigenvalue weighted by Crippen LogP contribution is 1.98. The predicted octanol–water partition coefficient (Wildman–Crippen LogP) is 1.06. The lowest BCUT2D eigenvalue weighted by molar-refractivity contribution is 0.243. The summed E-state index contributed by atoms with van der Waals surface area (Å²) in [7, 11) is 0. The molecule has 0 aliphatic carbocycles. The van der Waals surface area contributed by atoms with E-state index in [2.05, 4.69) is 20.6 Å². The van der Waals surface area contributed by atoms with Gasteiger partial charge in [-0.15, -0.1) is 24.8 Å². The van der Waals surface area contributed by atoms with Gasteiger partial charge in [-0.3, -0.25) is 15.3 Å². The van der Waals surface area contributed by atoms with Crippen LogP contribution in [0.4, 0.5) is 4.79 Å². The molecule has 1 heterocycles. The predicted molar refractivity (Wildman–Crippen MR) is 94.0 cm³/mol. The first-order chi connectivity index (χ1) is 9.08. The Balaban J connectivity index is -0.00000120. The summed E-state index contributed by atoms with van der Waals surface area (Å²) in [5.74, 6) is 0.138. The number of nitrogens with two attached hydrogens (primary N) is 1. The number of halogens is 2. The van der Waals surface area contributed by atoms with Gasteiger partial charge in [0.25, 0.3) is 0 Å². The van der Waals surface area contributed by atoms with Crippen LogP contribution in [0, 0.1) is 0 Å². The number of guanidine groups is 1. The van der Waals surface area contributed by atoms with E-state index in [9.17, 15) is 4.79 Å². The minimum absolute atomic E-state index is 0. The van der Waals surface area contributed by atoms with E-state index in [1.165, 1.54) is 0 Å². The van der Waals surface area contributed by atoms with Crippen molar-refractivity contribution in [2.75, 3.05) is 6.54 Å². The van der Waals surface area contributed by atoms with Gasteiger partial charge in [0.05, 0.1) is 0 Å². The van der Waals surface area contributed by atoms with Crippen LogP contribution >= 0.6 is 24.8 Å². The number of rotatable bonds is 5. The summed E-state index contributed by atoms with van der Waals surface area (Å²) in [6.45, 7) is 4.31. The zero-order valence-corrected chi connectivity index (χ0v) is 14.3. The number of hydrogen-bond donors (Lipinski definition) is 3. The average Bonchev–Trinajstić information content (AvgIpc) is 2.35. The van der Waals surface area contributed by atoms with Gasteiger partial charge < -0.3 is 16.5 Å². The summed E-state index contributed by atoms with van der Waals surface area (Å²) in [6.07, 6.45) is 3.45. The summed E-state index contributed by atoms with van der Waals surface area (Å²) < 4.78 is 0. The third-order valence-corrected chi connectivity index (χ3v) is 2.26. The van der Waals surface area contributed by atoms with E-state index in [0.29, 0.717) is 6.54 Å². The van der Waals surface area contributed by atoms with E-state index in [1.807, 2.05) is 32.0 Å². The molecular formula is C13H25Cl2N5O2. The van der Waals surface area contributed by atoms with Crippen molar-refractivity contribution in [1.29, 1.82) is 0 Å². The lowest BCUT2D eigenvalue weighted by Gasteiger charge is -2.09. The number of urea groups is 1. The van der Waals surface area contributed by atoms with Crippen molar-refractivity contribution in [3.63, 3.8) is 0 Å². The van der Waals surface area contributed by atoms with E-state index in [-0.39, 0.29) is 48.3 Å². The summed E-state index contributed by atoms with van der Waals surface area (Å²) >= 11 is 0. The molecule has 128 valence electrons. The first kappa shape index (κ1) is 25.4. The van der Waals surface area contributed by atoms with Gasteiger partial charge in [0.1, 0.15) is 0 Å². The van der Waals surface area contributed by atoms with E-state index >= 15 is 0 Å². The van der Waals surface area contributed by atoms with Gasteiger partial charge in [0.15, 0.2) is 5.96 Å². The Morgan fingerprint density at radius 1 is 1.36 bits per heavy atom. The highest BCUT2D eigenvalue weighted by atomic mass is 35.5. The summed E-state index contributed by atoms with van der Waals surface area (Å²) in [5, 5.41) is 5.14. The highest BCUT2D eigenvalue weighted by molar-refractivity contribution is 5.95. The molecule has 0 aromatic carbocycles. The molecule has 22 heavy (non-hydrogen) atoms. The van der Waals surface area contributed by atoms with Gasteiger partial charge in [0.2, 0.25) is 0 Å². The van der Waals surface area contributed by atoms with Crippen molar-refractivity contribution in [3.8, 4) is 0 Å². The number of carbonyl (C=O) groups is 1. The average molecular weight is 354 g/mol. The maximum atomic E-state index is 11.3. The molecule has 1 aromatic rings. The number of nitrogens with one attached hydrogen (secondary N) is 2. The van der Waals surface area contributed by atoms with Gasteiger partial charge in [-0.2, -0.15) is 0 Å². The van der Waals surface area contributed by atoms with Crippen molar-refractivity contribution in [3.05, 3.63) is 30.1 Å². The smallest absolute Gasteiger partial charge is 0.321 e. The van der Waals surface area contributed by atoms with Crippen LogP contribution in [0.2, 0.25) is 0 Å². The molecule has 7 nitrogen and oxygen atoms in total. The van der Waals surface area contributed by atoms with E-state index in [4.69, 9.17) is 5.73 Å². The van der Waals surface area contributed by atoms with Gasteiger partial charge in [-0.25, -0.2) is 4.79 Å². The fourth-order valence-corrected chi connectivity index (χ4v) is 1.46. The molecule has 0 unspecified atom stereocenters. The van der Waals surface area contributed by atoms with Crippen molar-refractivity contribution in [1.82, 2.24) is 15.6 Å². The van der Waals surface area contributed by atoms with Gasteiger partial charge in [0, 0.05) is 24.5 Å². The van der Waals surface area contributed by atoms with Crippen LogP contribution in [0.5, 0.6) is 0 Å². The van der Waals surface area contributed by atoms with Crippen molar-refractivity contribution < 1.29 is 10.3 Å². The van der Waals surface area contributed by atoms with Crippen LogP contribution in [0.25, 0.3) is 0 Å². The van der Waals surface area contributed by atoms with E-state index in [0.717, 1.165) is 18.5 Å². The molecule has 0 saturated carbocycles. The second-order valence-corrected chi connectivity index (χ2v) is 4.44. The monoisotopic (exact) mass is 353 g/mol. The topological polar surface area (TPSA) is 124 Å². The summed E-state index contributed by atoms with van der Waals surface area (Å²) in [4.78, 5) is 19.6. The van der Waals surface area contributed by atoms with Crippen LogP contribution in [0.15, 0.2) is 29.4 Å². The Hall–Kier alpha value is -1.57.